The first-order chi connectivity index (χ1) is 15.2. The molecule has 0 amide bonds. The van der Waals surface area contributed by atoms with E-state index in [1.165, 1.54) is 11.1 Å². The summed E-state index contributed by atoms with van der Waals surface area (Å²) in [7, 11) is 0. The van der Waals surface area contributed by atoms with Gasteiger partial charge in [-0.3, -0.25) is 4.99 Å². The van der Waals surface area contributed by atoms with Crippen molar-refractivity contribution in [2.75, 3.05) is 19.7 Å². The number of benzene rings is 2. The third kappa shape index (κ3) is 6.10. The fourth-order valence-electron chi connectivity index (χ4n) is 4.01. The van der Waals surface area contributed by atoms with E-state index in [1.54, 1.807) is 6.20 Å². The molecule has 6 nitrogen and oxygen atoms in total. The maximum absolute atomic E-state index is 6.02. The number of rotatable bonds is 7. The van der Waals surface area contributed by atoms with Gasteiger partial charge in [-0.2, -0.15) is 5.10 Å². The fraction of sp³-hybridized carbons (Fsp3) is 0.360. The Morgan fingerprint density at radius 1 is 1.19 bits per heavy atom. The fourth-order valence-corrected chi connectivity index (χ4v) is 4.01. The molecule has 1 aliphatic rings. The first-order valence-electron chi connectivity index (χ1n) is 11.1. The van der Waals surface area contributed by atoms with Gasteiger partial charge in [0.2, 0.25) is 0 Å². The summed E-state index contributed by atoms with van der Waals surface area (Å²) < 4.78 is 7.90. The second kappa shape index (κ2) is 12.0. The molecule has 170 valence electrons. The lowest BCUT2D eigenvalue weighted by molar-refractivity contribution is 0.0925. The van der Waals surface area contributed by atoms with Crippen LogP contribution in [-0.2, 0) is 4.74 Å². The summed E-state index contributed by atoms with van der Waals surface area (Å²) >= 11 is 0. The van der Waals surface area contributed by atoms with Gasteiger partial charge >= 0.3 is 0 Å². The van der Waals surface area contributed by atoms with Gasteiger partial charge in [-0.25, -0.2) is 4.68 Å². The molecule has 0 saturated carbocycles. The molecule has 2 heterocycles. The number of guanidine groups is 1. The lowest BCUT2D eigenvalue weighted by Gasteiger charge is -2.21. The largest absolute Gasteiger partial charge is 0.373 e. The summed E-state index contributed by atoms with van der Waals surface area (Å²) in [5.74, 6) is 1.22. The zero-order chi connectivity index (χ0) is 21.5. The monoisotopic (exact) mass is 545 g/mol. The van der Waals surface area contributed by atoms with Gasteiger partial charge in [0.25, 0.3) is 0 Å². The average molecular weight is 545 g/mol. The standard InChI is InChI=1S/C25H31N5O.HI/c1-3-26-25(27-18-22-13-16-31-24(22)20-9-5-4-6-10-20)29-19(2)21-11-7-12-23(17-21)30-15-8-14-28-30;/h4-12,14-15,17,19,22,24H,3,13,16,18H2,1-2H3,(H2,26,27,29);1H. The molecule has 1 saturated heterocycles. The molecule has 2 N–H and O–H groups in total. The van der Waals surface area contributed by atoms with E-state index < -0.39 is 0 Å². The number of nitrogens with zero attached hydrogens (tertiary/aromatic N) is 3. The highest BCUT2D eigenvalue weighted by Crippen LogP contribution is 2.34. The van der Waals surface area contributed by atoms with Crippen LogP contribution in [0.4, 0.5) is 0 Å². The number of halogens is 1. The van der Waals surface area contributed by atoms with Crippen LogP contribution in [0.5, 0.6) is 0 Å². The van der Waals surface area contributed by atoms with Gasteiger partial charge in [0, 0.05) is 38.0 Å². The summed E-state index contributed by atoms with van der Waals surface area (Å²) in [6, 6.07) is 20.9. The van der Waals surface area contributed by atoms with Crippen LogP contribution in [0.25, 0.3) is 5.69 Å². The van der Waals surface area contributed by atoms with Gasteiger partial charge < -0.3 is 15.4 Å². The Balaban J connectivity index is 0.00000289. The van der Waals surface area contributed by atoms with Crippen LogP contribution >= 0.6 is 24.0 Å². The van der Waals surface area contributed by atoms with Crippen molar-refractivity contribution in [3.63, 3.8) is 0 Å². The molecule has 0 bridgehead atoms. The topological polar surface area (TPSA) is 63.5 Å². The maximum Gasteiger partial charge on any atom is 0.191 e. The number of hydrogen-bond donors (Lipinski definition) is 2. The van der Waals surface area contributed by atoms with Gasteiger partial charge in [-0.05, 0) is 49.6 Å². The molecule has 0 spiro atoms. The van der Waals surface area contributed by atoms with Gasteiger partial charge in [0.15, 0.2) is 5.96 Å². The summed E-state index contributed by atoms with van der Waals surface area (Å²) in [5, 5.41) is 11.3. The summed E-state index contributed by atoms with van der Waals surface area (Å²) in [6.45, 7) is 6.58. The number of aliphatic imine (C=N–C) groups is 1. The Hall–Kier alpha value is -2.39. The van der Waals surface area contributed by atoms with E-state index in [4.69, 9.17) is 9.73 Å². The van der Waals surface area contributed by atoms with E-state index in [0.717, 1.165) is 37.8 Å². The van der Waals surface area contributed by atoms with Crippen LogP contribution in [0.2, 0.25) is 0 Å². The van der Waals surface area contributed by atoms with E-state index in [0.29, 0.717) is 5.92 Å². The second-order valence-electron chi connectivity index (χ2n) is 7.88. The van der Waals surface area contributed by atoms with E-state index in [-0.39, 0.29) is 36.1 Å². The number of hydrogen-bond acceptors (Lipinski definition) is 3. The highest BCUT2D eigenvalue weighted by Gasteiger charge is 2.29. The molecule has 0 aliphatic carbocycles. The number of ether oxygens (including phenoxy) is 1. The molecule has 2 aromatic carbocycles. The molecule has 7 heteroatoms. The van der Waals surface area contributed by atoms with Gasteiger partial charge in [-0.15, -0.1) is 24.0 Å². The van der Waals surface area contributed by atoms with Crippen LogP contribution in [0.1, 0.15) is 43.5 Å². The van der Waals surface area contributed by atoms with Crippen LogP contribution < -0.4 is 10.6 Å². The molecular weight excluding hydrogens is 513 g/mol. The zero-order valence-electron chi connectivity index (χ0n) is 18.6. The molecule has 32 heavy (non-hydrogen) atoms. The predicted molar refractivity (Wildman–Crippen MR) is 140 cm³/mol. The van der Waals surface area contributed by atoms with E-state index in [2.05, 4.69) is 78.1 Å². The van der Waals surface area contributed by atoms with Gasteiger partial charge in [0.1, 0.15) is 0 Å². The van der Waals surface area contributed by atoms with Gasteiger partial charge in [-0.1, -0.05) is 42.5 Å². The van der Waals surface area contributed by atoms with Crippen LogP contribution in [0.3, 0.4) is 0 Å². The quantitative estimate of drug-likeness (QED) is 0.252. The lowest BCUT2D eigenvalue weighted by Crippen LogP contribution is -2.39. The Morgan fingerprint density at radius 3 is 2.78 bits per heavy atom. The Labute approximate surface area is 207 Å². The van der Waals surface area contributed by atoms with Crippen LogP contribution in [0.15, 0.2) is 78.0 Å². The SMILES string of the molecule is CCNC(=NCC1CCOC1c1ccccc1)NC(C)c1cccc(-n2cccn2)c1.I. The van der Waals surface area contributed by atoms with E-state index in [9.17, 15) is 0 Å². The molecule has 1 aliphatic heterocycles. The van der Waals surface area contributed by atoms with Crippen molar-refractivity contribution in [3.05, 3.63) is 84.2 Å². The highest BCUT2D eigenvalue weighted by atomic mass is 127. The summed E-state index contributed by atoms with van der Waals surface area (Å²) in [6.07, 6.45) is 4.90. The molecule has 3 aromatic rings. The average Bonchev–Trinajstić information content (AvgIpc) is 3.50. The maximum atomic E-state index is 6.02. The second-order valence-corrected chi connectivity index (χ2v) is 7.88. The number of aromatic nitrogens is 2. The predicted octanol–water partition coefficient (Wildman–Crippen LogP) is 4.88. The normalized spacial score (nSPS) is 19.2. The van der Waals surface area contributed by atoms with Crippen molar-refractivity contribution in [2.45, 2.75) is 32.4 Å². The minimum absolute atomic E-state index is 0. The van der Waals surface area contributed by atoms with E-state index >= 15 is 0 Å². The van der Waals surface area contributed by atoms with Crippen molar-refractivity contribution in [2.24, 2.45) is 10.9 Å². The molecular formula is C25H32IN5O. The molecule has 3 unspecified atom stereocenters. The van der Waals surface area contributed by atoms with Crippen LogP contribution in [-0.4, -0.2) is 35.4 Å². The zero-order valence-corrected chi connectivity index (χ0v) is 21.0. The lowest BCUT2D eigenvalue weighted by atomic mass is 9.95. The minimum Gasteiger partial charge on any atom is -0.373 e. The molecule has 1 aromatic heterocycles. The minimum atomic E-state index is 0. The molecule has 4 rings (SSSR count). The first kappa shape index (κ1) is 24.3. The van der Waals surface area contributed by atoms with Crippen LogP contribution in [0, 0.1) is 5.92 Å². The summed E-state index contributed by atoms with van der Waals surface area (Å²) in [5.41, 5.74) is 3.47. The van der Waals surface area contributed by atoms with E-state index in [1.807, 2.05) is 23.0 Å². The molecule has 3 atom stereocenters. The van der Waals surface area contributed by atoms with Crippen molar-refractivity contribution in [1.82, 2.24) is 20.4 Å². The smallest absolute Gasteiger partial charge is 0.191 e. The Morgan fingerprint density at radius 2 is 2.03 bits per heavy atom. The van der Waals surface area contributed by atoms with Gasteiger partial charge in [0.05, 0.1) is 17.8 Å². The molecule has 0 radical (unpaired) electrons. The Bertz CT molecular complexity index is 977. The summed E-state index contributed by atoms with van der Waals surface area (Å²) in [4.78, 5) is 4.91. The third-order valence-corrected chi connectivity index (χ3v) is 5.66. The first-order valence-corrected chi connectivity index (χ1v) is 11.1. The highest BCUT2D eigenvalue weighted by molar-refractivity contribution is 14.0. The molecule has 1 fully saturated rings. The van der Waals surface area contributed by atoms with Crippen molar-refractivity contribution >= 4 is 29.9 Å². The van der Waals surface area contributed by atoms with Crippen molar-refractivity contribution in [3.8, 4) is 5.69 Å². The third-order valence-electron chi connectivity index (χ3n) is 5.66. The van der Waals surface area contributed by atoms with Crippen molar-refractivity contribution in [1.29, 1.82) is 0 Å². The van der Waals surface area contributed by atoms with Crippen molar-refractivity contribution < 1.29 is 4.74 Å². The Kier molecular flexibility index (Phi) is 9.11. The number of nitrogens with one attached hydrogen (secondary N) is 2.